The molecule has 13 aromatic rings. The summed E-state index contributed by atoms with van der Waals surface area (Å²) in [5.41, 5.74) is 14.5. The Hall–Kier alpha value is -10.7. The summed E-state index contributed by atoms with van der Waals surface area (Å²) >= 11 is 0. The number of hydrogen-bond acceptors (Lipinski definition) is 5. The number of para-hydroxylation sites is 4. The number of rotatable bonds is 8. The molecule has 0 bridgehead atoms. The molecule has 0 fully saturated rings. The predicted octanol–water partition coefficient (Wildman–Crippen LogP) is 16.4. The Morgan fingerprint density at radius 2 is 0.784 bits per heavy atom. The fourth-order valence-corrected chi connectivity index (χ4v) is 10.6. The van der Waals surface area contributed by atoms with Crippen LogP contribution in [0.2, 0.25) is 0 Å². The van der Waals surface area contributed by atoms with Crippen LogP contribution in [0.5, 0.6) is 0 Å². The first kappa shape index (κ1) is 43.3. The number of aromatic nitrogens is 5. The fourth-order valence-electron chi connectivity index (χ4n) is 10.6. The molecule has 13 rings (SSSR count). The summed E-state index contributed by atoms with van der Waals surface area (Å²) in [5, 5.41) is 25.1. The molecule has 0 aliphatic rings. The van der Waals surface area contributed by atoms with E-state index in [0.29, 0.717) is 39.9 Å². The zero-order chi connectivity index (χ0) is 49.7. The summed E-state index contributed by atoms with van der Waals surface area (Å²) in [7, 11) is 0. The lowest BCUT2D eigenvalue weighted by atomic mass is 9.94. The van der Waals surface area contributed by atoms with Crippen molar-refractivity contribution in [2.45, 2.75) is 0 Å². The van der Waals surface area contributed by atoms with Crippen LogP contribution >= 0.6 is 0 Å². The molecule has 0 spiro atoms. The van der Waals surface area contributed by atoms with Gasteiger partial charge in [0.1, 0.15) is 0 Å². The molecule has 10 aromatic carbocycles. The lowest BCUT2D eigenvalue weighted by Crippen LogP contribution is -2.04. The zero-order valence-corrected chi connectivity index (χ0v) is 39.5. The molecule has 3 heterocycles. The smallest absolute Gasteiger partial charge is 0.187 e. The molecule has 0 atom stereocenters. The molecular weight excluding hydrogens is 905 g/mol. The van der Waals surface area contributed by atoms with Crippen LogP contribution in [-0.2, 0) is 0 Å². The summed E-state index contributed by atoms with van der Waals surface area (Å²) in [4.78, 5) is 20.3. The molecule has 8 heteroatoms. The summed E-state index contributed by atoms with van der Waals surface area (Å²) < 4.78 is 4.55. The first-order chi connectivity index (χ1) is 36.6. The van der Waals surface area contributed by atoms with E-state index in [1.807, 2.05) is 91.0 Å². The van der Waals surface area contributed by atoms with E-state index in [-0.39, 0.29) is 0 Å². The van der Waals surface area contributed by atoms with Crippen molar-refractivity contribution < 1.29 is 0 Å². The molecule has 3 aromatic heterocycles. The second kappa shape index (κ2) is 17.9. The van der Waals surface area contributed by atoms with E-state index in [1.165, 1.54) is 0 Å². The zero-order valence-electron chi connectivity index (χ0n) is 39.5. The van der Waals surface area contributed by atoms with Crippen LogP contribution in [0.4, 0.5) is 5.69 Å². The molecule has 8 nitrogen and oxygen atoms in total. The maximum absolute atomic E-state index is 10.4. The predicted molar refractivity (Wildman–Crippen MR) is 297 cm³/mol. The van der Waals surface area contributed by atoms with Gasteiger partial charge in [-0.15, -0.1) is 0 Å². The van der Waals surface area contributed by atoms with E-state index in [0.717, 1.165) is 99.5 Å². The van der Waals surface area contributed by atoms with Gasteiger partial charge < -0.3 is 9.13 Å². The Bertz CT molecular complexity index is 4210. The molecule has 0 radical (unpaired) electrons. The third-order valence-electron chi connectivity index (χ3n) is 13.9. The highest BCUT2D eigenvalue weighted by Crippen LogP contribution is 2.42. The second-order valence-corrected chi connectivity index (χ2v) is 18.1. The van der Waals surface area contributed by atoms with Crippen molar-refractivity contribution >= 4 is 49.3 Å². The molecule has 0 amide bonds. The molecule has 0 saturated heterocycles. The largest absolute Gasteiger partial charge is 0.309 e. The van der Waals surface area contributed by atoms with Gasteiger partial charge >= 0.3 is 0 Å². The van der Waals surface area contributed by atoms with E-state index >= 15 is 0 Å². The van der Waals surface area contributed by atoms with E-state index in [9.17, 15) is 10.5 Å². The van der Waals surface area contributed by atoms with Crippen molar-refractivity contribution in [2.75, 3.05) is 0 Å². The van der Waals surface area contributed by atoms with Crippen molar-refractivity contribution in [3.05, 3.63) is 253 Å². The van der Waals surface area contributed by atoms with E-state index in [4.69, 9.17) is 21.5 Å². The van der Waals surface area contributed by atoms with E-state index in [2.05, 4.69) is 160 Å². The van der Waals surface area contributed by atoms with Crippen LogP contribution in [-0.4, -0.2) is 24.1 Å². The molecular formula is C66H38N8. The second-order valence-electron chi connectivity index (χ2n) is 18.1. The topological polar surface area (TPSA) is 100 Å². The van der Waals surface area contributed by atoms with Crippen LogP contribution in [0.1, 0.15) is 11.1 Å². The summed E-state index contributed by atoms with van der Waals surface area (Å²) in [5.74, 6) is 1.20. The summed E-state index contributed by atoms with van der Waals surface area (Å²) in [6, 6.07) is 81.9. The third kappa shape index (κ3) is 7.25. The van der Waals surface area contributed by atoms with E-state index < -0.39 is 0 Å². The summed E-state index contributed by atoms with van der Waals surface area (Å²) in [6.45, 7) is 7.99. The number of nitrogens with zero attached hydrogens (tertiary/aromatic N) is 8. The molecule has 0 saturated carbocycles. The van der Waals surface area contributed by atoms with Gasteiger partial charge in [0.15, 0.2) is 23.2 Å². The van der Waals surface area contributed by atoms with Crippen molar-refractivity contribution in [3.63, 3.8) is 0 Å². The molecule has 0 unspecified atom stereocenters. The highest BCUT2D eigenvalue weighted by molar-refractivity contribution is 6.10. The maximum atomic E-state index is 10.4. The van der Waals surface area contributed by atoms with Crippen molar-refractivity contribution in [2.24, 2.45) is 0 Å². The Labute approximate surface area is 426 Å². The van der Waals surface area contributed by atoms with Gasteiger partial charge in [0.05, 0.1) is 51.9 Å². The standard InChI is InChI=1S/C66H38N8/c1-69-46-20-15-19-44(37-46)51-35-33-48(74-62-30-12-8-25-55(62)56-26-9-13-31-63(56)74)39-59(51)66-71-64(57-27-5-4-22-52(57)49-21-3-2-17-45(49)41-68)70-65(72-66)58-38-47(32-34-50(58)43-18-14-16-42(36-43)40-67)73-60-28-10-6-23-53(60)54-24-7-11-29-61(54)73/h2-39H. The third-order valence-corrected chi connectivity index (χ3v) is 13.9. The minimum atomic E-state index is 0.399. The molecule has 0 N–H and O–H groups in total. The number of fused-ring (bicyclic) bond motifs is 6. The lowest BCUT2D eigenvalue weighted by Gasteiger charge is -2.18. The minimum absolute atomic E-state index is 0.399. The van der Waals surface area contributed by atoms with Gasteiger partial charge in [-0.3, -0.25) is 0 Å². The quantitative estimate of drug-likeness (QED) is 0.141. The Kier molecular flexibility index (Phi) is 10.5. The first-order valence-electron chi connectivity index (χ1n) is 24.2. The number of hydrogen-bond donors (Lipinski definition) is 0. The maximum Gasteiger partial charge on any atom is 0.187 e. The Morgan fingerprint density at radius 3 is 1.28 bits per heavy atom. The summed E-state index contributed by atoms with van der Waals surface area (Å²) in [6.07, 6.45) is 0. The average molecular weight is 943 g/mol. The number of benzene rings is 10. The highest BCUT2D eigenvalue weighted by Gasteiger charge is 2.24. The van der Waals surface area contributed by atoms with Gasteiger partial charge in [0, 0.05) is 55.2 Å². The Morgan fingerprint density at radius 1 is 0.351 bits per heavy atom. The van der Waals surface area contributed by atoms with Gasteiger partial charge in [0.25, 0.3) is 0 Å². The van der Waals surface area contributed by atoms with Gasteiger partial charge in [-0.25, -0.2) is 19.8 Å². The van der Waals surface area contributed by atoms with E-state index in [1.54, 1.807) is 6.07 Å². The fraction of sp³-hybridized carbons (Fsp3) is 0. The normalized spacial score (nSPS) is 11.2. The van der Waals surface area contributed by atoms with Crippen molar-refractivity contribution in [1.29, 1.82) is 10.5 Å². The molecule has 74 heavy (non-hydrogen) atoms. The SMILES string of the molecule is [C-]#[N+]c1cccc(-c2ccc(-n3c4ccccc4c4ccccc43)cc2-c2nc(-c3cc(-n4c5ccccc5c5ccccc54)ccc3-c3cccc(C#N)c3)nc(-c3ccccc3-c3ccccc3C#N)n2)c1. The van der Waals surface area contributed by atoms with Gasteiger partial charge in [-0.2, -0.15) is 10.5 Å². The van der Waals surface area contributed by atoms with Crippen molar-refractivity contribution in [1.82, 2.24) is 24.1 Å². The molecule has 342 valence electrons. The Balaban J connectivity index is 1.14. The monoisotopic (exact) mass is 942 g/mol. The van der Waals surface area contributed by atoms with Gasteiger partial charge in [0.2, 0.25) is 0 Å². The molecule has 0 aliphatic carbocycles. The van der Waals surface area contributed by atoms with Crippen LogP contribution in [0.3, 0.4) is 0 Å². The van der Waals surface area contributed by atoms with Crippen molar-refractivity contribution in [3.8, 4) is 91.1 Å². The van der Waals surface area contributed by atoms with Gasteiger partial charge in [-0.1, -0.05) is 158 Å². The first-order valence-corrected chi connectivity index (χ1v) is 24.2. The highest BCUT2D eigenvalue weighted by atomic mass is 15.0. The van der Waals surface area contributed by atoms with Crippen LogP contribution in [0.25, 0.3) is 127 Å². The lowest BCUT2D eigenvalue weighted by molar-refractivity contribution is 1.07. The van der Waals surface area contributed by atoms with Crippen LogP contribution < -0.4 is 0 Å². The number of nitriles is 2. The average Bonchev–Trinajstić information content (AvgIpc) is 4.00. The van der Waals surface area contributed by atoms with Crippen LogP contribution in [0, 0.1) is 29.2 Å². The minimum Gasteiger partial charge on any atom is -0.309 e. The van der Waals surface area contributed by atoms with Gasteiger partial charge in [-0.05, 0) is 101 Å². The molecule has 0 aliphatic heterocycles. The van der Waals surface area contributed by atoms with Crippen LogP contribution in [0.15, 0.2) is 231 Å².